The van der Waals surface area contributed by atoms with Crippen LogP contribution < -0.4 is 12.4 Å². The van der Waals surface area contributed by atoms with Crippen molar-refractivity contribution in [1.82, 2.24) is 9.78 Å². The van der Waals surface area contributed by atoms with Gasteiger partial charge in [-0.15, -0.1) is 4.68 Å². The predicted molar refractivity (Wildman–Crippen MR) is 32.7 cm³/mol. The molecular formula is C5H4ClN5. The van der Waals surface area contributed by atoms with Gasteiger partial charge in [0.05, 0.1) is 11.6 Å². The topological polar surface area (TPSA) is 69.8 Å². The van der Waals surface area contributed by atoms with Gasteiger partial charge in [-0.2, -0.15) is 5.26 Å². The van der Waals surface area contributed by atoms with Crippen LogP contribution in [0.25, 0.3) is 4.98 Å². The summed E-state index contributed by atoms with van der Waals surface area (Å²) in [4.78, 5) is 2.88. The fourth-order valence-corrected chi connectivity index (χ4v) is 0.629. The minimum absolute atomic E-state index is 0. The third-order valence-electron chi connectivity index (χ3n) is 1.12. The van der Waals surface area contributed by atoms with Crippen molar-refractivity contribution in [2.75, 3.05) is 0 Å². The molecular weight excluding hydrogens is 166 g/mol. The molecule has 6 heteroatoms. The Morgan fingerprint density at radius 3 is 2.73 bits per heavy atom. The first-order chi connectivity index (χ1) is 4.79. The number of nitriles is 1. The summed E-state index contributed by atoms with van der Waals surface area (Å²) in [6, 6.07) is 1.83. The Balaban J connectivity index is 0.000001000. The lowest BCUT2D eigenvalue weighted by Crippen LogP contribution is -3.00. The van der Waals surface area contributed by atoms with E-state index < -0.39 is 0 Å². The third-order valence-corrected chi connectivity index (χ3v) is 1.12. The van der Waals surface area contributed by atoms with Crippen LogP contribution in [0, 0.1) is 16.7 Å². The number of hydrogen-bond acceptors (Lipinski definition) is 3. The van der Waals surface area contributed by atoms with E-state index in [2.05, 4.69) is 10.1 Å². The van der Waals surface area contributed by atoms with Gasteiger partial charge in [0, 0.05) is 4.98 Å². The lowest BCUT2D eigenvalue weighted by atomic mass is 10.4. The second-order valence-electron chi connectivity index (χ2n) is 1.72. The second-order valence-corrected chi connectivity index (χ2v) is 1.72. The van der Waals surface area contributed by atoms with Crippen molar-refractivity contribution in [2.45, 2.75) is 0 Å². The Morgan fingerprint density at radius 1 is 1.73 bits per heavy atom. The summed E-state index contributed by atoms with van der Waals surface area (Å²) in [7, 11) is 1.59. The molecule has 0 saturated carbocycles. The van der Waals surface area contributed by atoms with Crippen LogP contribution in [0.4, 0.5) is 5.82 Å². The molecule has 56 valence electrons. The molecule has 1 aromatic heterocycles. The maximum atomic E-state index is 8.39. The van der Waals surface area contributed by atoms with Gasteiger partial charge < -0.3 is 12.4 Å². The normalized spacial score (nSPS) is 7.55. The first-order valence-electron chi connectivity index (χ1n) is 2.56. The van der Waals surface area contributed by atoms with Crippen LogP contribution in [0.2, 0.25) is 0 Å². The Bertz CT molecular complexity index is 328. The van der Waals surface area contributed by atoms with Gasteiger partial charge in [-0.05, 0) is 0 Å². The molecule has 0 spiro atoms. The lowest BCUT2D eigenvalue weighted by Gasteiger charge is -1.72. The highest BCUT2D eigenvalue weighted by atomic mass is 35.5. The number of halogens is 1. The molecule has 0 radical (unpaired) electrons. The van der Waals surface area contributed by atoms with Gasteiger partial charge in [0.25, 0.3) is 0 Å². The molecule has 0 N–H and O–H groups in total. The maximum Gasteiger partial charge on any atom is 0.463 e. The molecule has 1 heterocycles. The smallest absolute Gasteiger partial charge is 0.463 e. The van der Waals surface area contributed by atoms with Gasteiger partial charge >= 0.3 is 5.82 Å². The van der Waals surface area contributed by atoms with Crippen LogP contribution in [0.5, 0.6) is 0 Å². The van der Waals surface area contributed by atoms with Crippen LogP contribution >= 0.6 is 0 Å². The summed E-state index contributed by atoms with van der Waals surface area (Å²) < 4.78 is 1.32. The molecule has 0 aliphatic rings. The van der Waals surface area contributed by atoms with E-state index in [1.54, 1.807) is 7.05 Å². The summed E-state index contributed by atoms with van der Waals surface area (Å²) >= 11 is 0. The van der Waals surface area contributed by atoms with Gasteiger partial charge in [-0.3, -0.25) is 0 Å². The highest BCUT2D eigenvalue weighted by molar-refractivity contribution is 5.51. The molecule has 0 aliphatic carbocycles. The first kappa shape index (κ1) is 9.41. The highest BCUT2D eigenvalue weighted by Crippen LogP contribution is 2.15. The fourth-order valence-electron chi connectivity index (χ4n) is 0.629. The Hall–Kier alpha value is -1.59. The summed E-state index contributed by atoms with van der Waals surface area (Å²) in [5.41, 5.74) is 0.269. The third kappa shape index (κ3) is 1.46. The molecule has 0 atom stereocenters. The minimum Gasteiger partial charge on any atom is -1.00 e. The monoisotopic (exact) mass is 169 g/mol. The Morgan fingerprint density at radius 2 is 2.36 bits per heavy atom. The van der Waals surface area contributed by atoms with Crippen LogP contribution in [0.1, 0.15) is 5.56 Å². The maximum absolute atomic E-state index is 8.39. The number of rotatable bonds is 0. The Labute approximate surface area is 69.3 Å². The largest absolute Gasteiger partial charge is 1.00 e. The quantitative estimate of drug-likeness (QED) is 0.413. The minimum atomic E-state index is 0. The molecule has 0 bridgehead atoms. The van der Waals surface area contributed by atoms with E-state index in [0.717, 1.165) is 0 Å². The van der Waals surface area contributed by atoms with Crippen molar-refractivity contribution >= 4 is 5.82 Å². The highest BCUT2D eigenvalue weighted by Gasteiger charge is 2.17. The van der Waals surface area contributed by atoms with Crippen LogP contribution in [-0.4, -0.2) is 9.78 Å². The standard InChI is InChI=1S/C5H4N5.ClH/c1-10-5(9-7)4(2-6)3-8-10;/h3H,1H3;1H/q+1;/p-1. The molecule has 0 amide bonds. The van der Waals surface area contributed by atoms with E-state index in [-0.39, 0.29) is 23.8 Å². The van der Waals surface area contributed by atoms with Crippen molar-refractivity contribution in [2.24, 2.45) is 7.05 Å². The summed E-state index contributed by atoms with van der Waals surface area (Å²) in [5, 5.41) is 20.4. The van der Waals surface area contributed by atoms with E-state index in [0.29, 0.717) is 0 Å². The Kier molecular flexibility index (Phi) is 3.03. The number of nitrogens with zero attached hydrogens (tertiary/aromatic N) is 5. The van der Waals surface area contributed by atoms with Gasteiger partial charge in [0.2, 0.25) is 0 Å². The SMILES string of the molecule is Cn1ncc(C#N)c1[N+]#N.[Cl-]. The molecule has 0 fully saturated rings. The molecule has 1 rings (SSSR count). The number of diazo groups is 1. The van der Waals surface area contributed by atoms with E-state index >= 15 is 0 Å². The number of aromatic nitrogens is 2. The molecule has 1 aromatic rings. The van der Waals surface area contributed by atoms with Crippen LogP contribution in [-0.2, 0) is 7.05 Å². The fraction of sp³-hybridized carbons (Fsp3) is 0.200. The molecule has 5 nitrogen and oxygen atoms in total. The zero-order valence-electron chi connectivity index (χ0n) is 5.69. The molecule has 11 heavy (non-hydrogen) atoms. The molecule has 0 aliphatic heterocycles. The van der Waals surface area contributed by atoms with Gasteiger partial charge in [0.15, 0.2) is 5.56 Å². The summed E-state index contributed by atoms with van der Waals surface area (Å²) in [6.07, 6.45) is 1.34. The van der Waals surface area contributed by atoms with Gasteiger partial charge in [-0.1, -0.05) is 5.10 Å². The van der Waals surface area contributed by atoms with E-state index in [1.165, 1.54) is 10.9 Å². The van der Waals surface area contributed by atoms with Crippen molar-refractivity contribution in [3.05, 3.63) is 16.7 Å². The van der Waals surface area contributed by atoms with Crippen molar-refractivity contribution < 1.29 is 12.4 Å². The van der Waals surface area contributed by atoms with Crippen molar-refractivity contribution in [1.29, 1.82) is 10.7 Å². The average Bonchev–Trinajstić information content (AvgIpc) is 2.30. The predicted octanol–water partition coefficient (Wildman–Crippen LogP) is -2.22. The number of hydrogen-bond donors (Lipinski definition) is 0. The zero-order chi connectivity index (χ0) is 7.56. The number of aryl methyl sites for hydroxylation is 1. The lowest BCUT2D eigenvalue weighted by molar-refractivity contribution is -0.00000267. The molecule has 0 aromatic carbocycles. The van der Waals surface area contributed by atoms with Crippen LogP contribution in [0.15, 0.2) is 6.20 Å². The van der Waals surface area contributed by atoms with Crippen LogP contribution in [0.3, 0.4) is 0 Å². The molecule has 0 unspecified atom stereocenters. The van der Waals surface area contributed by atoms with Crippen molar-refractivity contribution in [3.8, 4) is 6.07 Å². The van der Waals surface area contributed by atoms with E-state index in [1.807, 2.05) is 6.07 Å². The second kappa shape index (κ2) is 3.55. The van der Waals surface area contributed by atoms with Crippen molar-refractivity contribution in [3.63, 3.8) is 0 Å². The zero-order valence-corrected chi connectivity index (χ0v) is 6.45. The molecule has 0 saturated heterocycles. The van der Waals surface area contributed by atoms with E-state index in [4.69, 9.17) is 10.7 Å². The average molecular weight is 170 g/mol. The van der Waals surface area contributed by atoms with Gasteiger partial charge in [0.1, 0.15) is 13.1 Å². The summed E-state index contributed by atoms with van der Waals surface area (Å²) in [5.74, 6) is 0.183. The van der Waals surface area contributed by atoms with Gasteiger partial charge in [-0.25, -0.2) is 0 Å². The first-order valence-corrected chi connectivity index (χ1v) is 2.56. The van der Waals surface area contributed by atoms with E-state index in [9.17, 15) is 0 Å². The summed E-state index contributed by atoms with van der Waals surface area (Å²) in [6.45, 7) is 0.